The minimum atomic E-state index is -3.77. The number of carbonyl (C=O) groups is 1. The van der Waals surface area contributed by atoms with Gasteiger partial charge in [0.2, 0.25) is 5.13 Å². The van der Waals surface area contributed by atoms with E-state index in [9.17, 15) is 13.2 Å². The van der Waals surface area contributed by atoms with Gasteiger partial charge in [0.25, 0.3) is 15.9 Å². The number of hydrogen-bond acceptors (Lipinski definition) is 7. The number of hydrogen-bond donors (Lipinski definition) is 2. The molecule has 0 saturated carbocycles. The number of benzene rings is 2. The number of rotatable bonds is 7. The van der Waals surface area contributed by atoms with Crippen molar-refractivity contribution in [2.45, 2.75) is 42.2 Å². The van der Waals surface area contributed by atoms with Crippen LogP contribution in [-0.2, 0) is 10.0 Å². The normalized spacial score (nSPS) is 11.5. The Labute approximate surface area is 184 Å². The molecule has 0 radical (unpaired) electrons. The molecule has 0 saturated heterocycles. The van der Waals surface area contributed by atoms with Gasteiger partial charge in [0.05, 0.1) is 10.6 Å². The molecule has 7 nitrogen and oxygen atoms in total. The van der Waals surface area contributed by atoms with Crippen LogP contribution in [0, 0.1) is 13.8 Å². The topological polar surface area (TPSA) is 101 Å². The Balaban J connectivity index is 1.78. The highest BCUT2D eigenvalue weighted by molar-refractivity contribution is 8.01. The van der Waals surface area contributed by atoms with Crippen molar-refractivity contribution >= 4 is 49.8 Å². The molecule has 3 aromatic rings. The predicted octanol–water partition coefficient (Wildman–Crippen LogP) is 4.71. The lowest BCUT2D eigenvalue weighted by atomic mass is 10.1. The van der Waals surface area contributed by atoms with E-state index in [1.165, 1.54) is 17.4 Å². The Morgan fingerprint density at radius 2 is 1.77 bits per heavy atom. The van der Waals surface area contributed by atoms with E-state index in [0.717, 1.165) is 9.90 Å². The molecule has 0 aliphatic heterocycles. The smallest absolute Gasteiger partial charge is 0.261 e. The summed E-state index contributed by atoms with van der Waals surface area (Å²) in [6.07, 6.45) is 0. The number of thioether (sulfide) groups is 1. The lowest BCUT2D eigenvalue weighted by molar-refractivity contribution is 0.102. The summed E-state index contributed by atoms with van der Waals surface area (Å²) in [5, 5.41) is 11.5. The number of sulfonamides is 1. The van der Waals surface area contributed by atoms with Crippen molar-refractivity contribution in [1.29, 1.82) is 0 Å². The number of nitrogens with one attached hydrogen (secondary N) is 2. The molecular formula is C20H22N4O3S3. The molecule has 0 bridgehead atoms. The van der Waals surface area contributed by atoms with Crippen LogP contribution in [0.15, 0.2) is 51.7 Å². The van der Waals surface area contributed by atoms with Crippen LogP contribution >= 0.6 is 23.1 Å². The van der Waals surface area contributed by atoms with E-state index < -0.39 is 10.0 Å². The highest BCUT2D eigenvalue weighted by atomic mass is 32.2. The van der Waals surface area contributed by atoms with Gasteiger partial charge in [0.15, 0.2) is 4.34 Å². The van der Waals surface area contributed by atoms with Gasteiger partial charge in [-0.2, -0.15) is 0 Å². The van der Waals surface area contributed by atoms with Gasteiger partial charge in [-0.25, -0.2) is 8.42 Å². The van der Waals surface area contributed by atoms with Gasteiger partial charge in [-0.1, -0.05) is 60.7 Å². The number of aryl methyl sites for hydroxylation is 2. The van der Waals surface area contributed by atoms with Crippen molar-refractivity contribution in [2.24, 2.45) is 0 Å². The van der Waals surface area contributed by atoms with Gasteiger partial charge in [0, 0.05) is 10.8 Å². The summed E-state index contributed by atoms with van der Waals surface area (Å²) in [6, 6.07) is 11.4. The molecule has 10 heteroatoms. The zero-order valence-corrected chi connectivity index (χ0v) is 19.4. The first-order valence-electron chi connectivity index (χ1n) is 9.16. The highest BCUT2D eigenvalue weighted by Crippen LogP contribution is 2.29. The predicted molar refractivity (Wildman–Crippen MR) is 122 cm³/mol. The van der Waals surface area contributed by atoms with Crippen molar-refractivity contribution in [3.05, 3.63) is 59.2 Å². The summed E-state index contributed by atoms with van der Waals surface area (Å²) < 4.78 is 28.7. The van der Waals surface area contributed by atoms with Crippen molar-refractivity contribution in [2.75, 3.05) is 10.0 Å². The van der Waals surface area contributed by atoms with Crippen molar-refractivity contribution < 1.29 is 13.2 Å². The highest BCUT2D eigenvalue weighted by Gasteiger charge is 2.17. The standard InChI is InChI=1S/C20H22N4O3S3/c1-12(2)28-20-23-22-19(29-20)21-18(25)15-8-7-14(4)17(11-15)24-30(26,27)16-9-5-13(3)6-10-16/h5-12,24H,1-4H3,(H,21,22,25). The minimum Gasteiger partial charge on any atom is -0.296 e. The number of aromatic nitrogens is 2. The second-order valence-electron chi connectivity index (χ2n) is 6.94. The maximum absolute atomic E-state index is 12.7. The van der Waals surface area contributed by atoms with Gasteiger partial charge in [-0.15, -0.1) is 10.2 Å². The van der Waals surface area contributed by atoms with Gasteiger partial charge >= 0.3 is 0 Å². The maximum Gasteiger partial charge on any atom is 0.261 e. The fourth-order valence-electron chi connectivity index (χ4n) is 2.47. The van der Waals surface area contributed by atoms with Crippen molar-refractivity contribution in [3.63, 3.8) is 0 Å². The molecule has 0 aliphatic carbocycles. The van der Waals surface area contributed by atoms with E-state index in [0.29, 0.717) is 27.2 Å². The number of amides is 1. The first kappa shape index (κ1) is 22.3. The number of nitrogens with zero attached hydrogens (tertiary/aromatic N) is 2. The molecule has 0 unspecified atom stereocenters. The average Bonchev–Trinajstić information content (AvgIpc) is 3.09. The van der Waals surface area contributed by atoms with E-state index in [4.69, 9.17) is 0 Å². The fraction of sp³-hybridized carbons (Fsp3) is 0.250. The van der Waals surface area contributed by atoms with E-state index >= 15 is 0 Å². The SMILES string of the molecule is Cc1ccc(S(=O)(=O)Nc2cc(C(=O)Nc3nnc(SC(C)C)s3)ccc2C)cc1. The summed E-state index contributed by atoms with van der Waals surface area (Å²) in [5.41, 5.74) is 2.33. The largest absolute Gasteiger partial charge is 0.296 e. The molecule has 2 aromatic carbocycles. The second-order valence-corrected chi connectivity index (χ2v) is 11.4. The summed E-state index contributed by atoms with van der Waals surface area (Å²) >= 11 is 2.87. The third-order valence-electron chi connectivity index (χ3n) is 4.04. The molecule has 0 aliphatic rings. The van der Waals surface area contributed by atoms with E-state index in [1.807, 2.05) is 6.92 Å². The molecule has 0 fully saturated rings. The summed E-state index contributed by atoms with van der Waals surface area (Å²) in [6.45, 7) is 7.76. The van der Waals surface area contributed by atoms with Crippen LogP contribution in [0.1, 0.15) is 35.3 Å². The third kappa shape index (κ3) is 5.59. The Morgan fingerprint density at radius 3 is 2.43 bits per heavy atom. The first-order valence-corrected chi connectivity index (χ1v) is 12.3. The first-order chi connectivity index (χ1) is 14.1. The summed E-state index contributed by atoms with van der Waals surface area (Å²) in [7, 11) is -3.77. The molecule has 158 valence electrons. The molecule has 3 rings (SSSR count). The van der Waals surface area contributed by atoms with Crippen LogP contribution in [0.3, 0.4) is 0 Å². The lowest BCUT2D eigenvalue weighted by Crippen LogP contribution is -2.16. The maximum atomic E-state index is 12.7. The van der Waals surface area contributed by atoms with Crippen molar-refractivity contribution in [1.82, 2.24) is 10.2 Å². The van der Waals surface area contributed by atoms with Crippen LogP contribution in [0.25, 0.3) is 0 Å². The van der Waals surface area contributed by atoms with Crippen LogP contribution < -0.4 is 10.0 Å². The Hall–Kier alpha value is -2.43. The van der Waals surface area contributed by atoms with Gasteiger partial charge in [-0.05, 0) is 43.7 Å². The molecule has 1 aromatic heterocycles. The fourth-order valence-corrected chi connectivity index (χ4v) is 5.57. The molecule has 2 N–H and O–H groups in total. The van der Waals surface area contributed by atoms with E-state index in [-0.39, 0.29) is 10.8 Å². The molecule has 30 heavy (non-hydrogen) atoms. The van der Waals surface area contributed by atoms with Gasteiger partial charge < -0.3 is 0 Å². The zero-order chi connectivity index (χ0) is 21.9. The molecule has 1 amide bonds. The van der Waals surface area contributed by atoms with Crippen molar-refractivity contribution in [3.8, 4) is 0 Å². The van der Waals surface area contributed by atoms with Crippen LogP contribution in [0.2, 0.25) is 0 Å². The minimum absolute atomic E-state index is 0.159. The van der Waals surface area contributed by atoms with E-state index in [1.54, 1.807) is 55.1 Å². The Bertz CT molecular complexity index is 1160. The summed E-state index contributed by atoms with van der Waals surface area (Å²) in [4.78, 5) is 12.8. The molecule has 0 atom stereocenters. The van der Waals surface area contributed by atoms with Crippen LogP contribution in [0.4, 0.5) is 10.8 Å². The molecule has 0 spiro atoms. The van der Waals surface area contributed by atoms with Crippen LogP contribution in [-0.4, -0.2) is 29.8 Å². The van der Waals surface area contributed by atoms with E-state index in [2.05, 4.69) is 34.1 Å². The molecular weight excluding hydrogens is 440 g/mol. The lowest BCUT2D eigenvalue weighted by Gasteiger charge is -2.12. The van der Waals surface area contributed by atoms with Crippen LogP contribution in [0.5, 0.6) is 0 Å². The number of carbonyl (C=O) groups excluding carboxylic acids is 1. The molecule has 1 heterocycles. The third-order valence-corrected chi connectivity index (χ3v) is 7.35. The average molecular weight is 463 g/mol. The second kappa shape index (κ2) is 9.15. The zero-order valence-electron chi connectivity index (χ0n) is 17.0. The van der Waals surface area contributed by atoms with Gasteiger partial charge in [0.1, 0.15) is 0 Å². The summed E-state index contributed by atoms with van der Waals surface area (Å²) in [5.74, 6) is -0.386. The number of anilines is 2. The quantitative estimate of drug-likeness (QED) is 0.390. The Kier molecular flexibility index (Phi) is 6.79. The Morgan fingerprint density at radius 1 is 1.07 bits per heavy atom. The van der Waals surface area contributed by atoms with Gasteiger partial charge in [-0.3, -0.25) is 14.8 Å². The monoisotopic (exact) mass is 462 g/mol.